The van der Waals surface area contributed by atoms with Crippen molar-refractivity contribution in [1.29, 1.82) is 0 Å². The lowest BCUT2D eigenvalue weighted by Crippen LogP contribution is -1.93. The van der Waals surface area contributed by atoms with E-state index >= 15 is 0 Å². The zero-order chi connectivity index (χ0) is 13.2. The number of nitrogens with zero attached hydrogens (tertiary/aromatic N) is 1. The number of fused-ring (bicyclic) bond motifs is 1. The molecule has 0 radical (unpaired) electrons. The SMILES string of the molecule is CC#Cc1ccccc1-c1cc2ccccc2n1C. The summed E-state index contributed by atoms with van der Waals surface area (Å²) >= 11 is 0. The van der Waals surface area contributed by atoms with E-state index in [1.165, 1.54) is 22.2 Å². The van der Waals surface area contributed by atoms with Gasteiger partial charge in [-0.3, -0.25) is 0 Å². The van der Waals surface area contributed by atoms with Crippen LogP contribution in [0.3, 0.4) is 0 Å². The molecule has 0 bridgehead atoms. The van der Waals surface area contributed by atoms with Crippen LogP contribution in [0.15, 0.2) is 54.6 Å². The summed E-state index contributed by atoms with van der Waals surface area (Å²) in [5.41, 5.74) is 4.72. The van der Waals surface area contributed by atoms with Crippen LogP contribution in [0.1, 0.15) is 12.5 Å². The van der Waals surface area contributed by atoms with Crippen LogP contribution in [0.25, 0.3) is 22.2 Å². The van der Waals surface area contributed by atoms with E-state index in [4.69, 9.17) is 0 Å². The Kier molecular flexibility index (Phi) is 2.85. The van der Waals surface area contributed by atoms with E-state index in [2.05, 4.69) is 72.0 Å². The molecule has 0 aliphatic heterocycles. The van der Waals surface area contributed by atoms with Crippen LogP contribution in [0, 0.1) is 11.8 Å². The highest BCUT2D eigenvalue weighted by Crippen LogP contribution is 2.29. The zero-order valence-corrected chi connectivity index (χ0v) is 11.1. The predicted octanol–water partition coefficient (Wildman–Crippen LogP) is 4.22. The first-order valence-corrected chi connectivity index (χ1v) is 6.38. The Labute approximate surface area is 113 Å². The van der Waals surface area contributed by atoms with Crippen molar-refractivity contribution in [2.24, 2.45) is 7.05 Å². The molecule has 0 saturated carbocycles. The fraction of sp³-hybridized carbons (Fsp3) is 0.111. The predicted molar refractivity (Wildman–Crippen MR) is 80.9 cm³/mol. The van der Waals surface area contributed by atoms with Crippen LogP contribution >= 0.6 is 0 Å². The molecule has 3 rings (SSSR count). The molecular weight excluding hydrogens is 230 g/mol. The summed E-state index contributed by atoms with van der Waals surface area (Å²) in [6, 6.07) is 19.0. The van der Waals surface area contributed by atoms with Gasteiger partial charge in [-0.05, 0) is 25.1 Å². The van der Waals surface area contributed by atoms with Gasteiger partial charge in [0.2, 0.25) is 0 Å². The molecule has 0 unspecified atom stereocenters. The third kappa shape index (κ3) is 1.92. The lowest BCUT2D eigenvalue weighted by molar-refractivity contribution is 0.978. The van der Waals surface area contributed by atoms with Crippen molar-refractivity contribution >= 4 is 10.9 Å². The first-order valence-electron chi connectivity index (χ1n) is 6.38. The Morgan fingerprint density at radius 1 is 0.947 bits per heavy atom. The molecular formula is C18H15N. The first kappa shape index (κ1) is 11.6. The third-order valence-corrected chi connectivity index (χ3v) is 3.41. The van der Waals surface area contributed by atoms with E-state index in [1.54, 1.807) is 0 Å². The summed E-state index contributed by atoms with van der Waals surface area (Å²) in [6.45, 7) is 1.87. The van der Waals surface area contributed by atoms with Gasteiger partial charge in [-0.15, -0.1) is 5.92 Å². The number of para-hydroxylation sites is 1. The molecule has 3 aromatic rings. The Bertz CT molecular complexity index is 797. The summed E-state index contributed by atoms with van der Waals surface area (Å²) in [7, 11) is 2.10. The smallest absolute Gasteiger partial charge is 0.0501 e. The molecule has 0 saturated heterocycles. The van der Waals surface area contributed by atoms with Crippen molar-refractivity contribution in [3.63, 3.8) is 0 Å². The van der Waals surface area contributed by atoms with E-state index in [9.17, 15) is 0 Å². The number of aryl methyl sites for hydroxylation is 1. The van der Waals surface area contributed by atoms with Gasteiger partial charge in [0.25, 0.3) is 0 Å². The second-order valence-electron chi connectivity index (χ2n) is 4.57. The summed E-state index contributed by atoms with van der Waals surface area (Å²) < 4.78 is 2.23. The Balaban J connectivity index is 2.30. The van der Waals surface area contributed by atoms with Crippen molar-refractivity contribution in [2.75, 3.05) is 0 Å². The van der Waals surface area contributed by atoms with Crippen molar-refractivity contribution < 1.29 is 0 Å². The van der Waals surface area contributed by atoms with E-state index in [1.807, 2.05) is 13.0 Å². The van der Waals surface area contributed by atoms with Crippen LogP contribution in [0.5, 0.6) is 0 Å². The highest BCUT2D eigenvalue weighted by atomic mass is 14.9. The van der Waals surface area contributed by atoms with Gasteiger partial charge < -0.3 is 4.57 Å². The molecule has 0 aliphatic rings. The summed E-state index contributed by atoms with van der Waals surface area (Å²) in [6.07, 6.45) is 0. The molecule has 1 aromatic heterocycles. The summed E-state index contributed by atoms with van der Waals surface area (Å²) in [4.78, 5) is 0. The maximum absolute atomic E-state index is 3.18. The van der Waals surface area contributed by atoms with Crippen molar-refractivity contribution in [1.82, 2.24) is 4.57 Å². The maximum atomic E-state index is 3.18. The van der Waals surface area contributed by atoms with Crippen LogP contribution in [0.2, 0.25) is 0 Å². The van der Waals surface area contributed by atoms with Crippen LogP contribution in [-0.2, 0) is 7.05 Å². The molecule has 0 N–H and O–H groups in total. The molecule has 0 fully saturated rings. The number of aromatic nitrogens is 1. The molecule has 1 heteroatoms. The topological polar surface area (TPSA) is 4.93 Å². The molecule has 1 heterocycles. The van der Waals surface area contributed by atoms with Gasteiger partial charge in [0.05, 0.1) is 5.69 Å². The average molecular weight is 245 g/mol. The number of benzene rings is 2. The molecule has 92 valence electrons. The fourth-order valence-electron chi connectivity index (χ4n) is 2.50. The Morgan fingerprint density at radius 3 is 2.47 bits per heavy atom. The van der Waals surface area contributed by atoms with E-state index in [0.29, 0.717) is 0 Å². The maximum Gasteiger partial charge on any atom is 0.0501 e. The number of hydrogen-bond acceptors (Lipinski definition) is 0. The summed E-state index contributed by atoms with van der Waals surface area (Å²) in [5.74, 6) is 6.17. The molecule has 0 spiro atoms. The molecule has 0 atom stereocenters. The van der Waals surface area contributed by atoms with Gasteiger partial charge in [-0.25, -0.2) is 0 Å². The first-order chi connectivity index (χ1) is 9.31. The quantitative estimate of drug-likeness (QED) is 0.566. The van der Waals surface area contributed by atoms with Gasteiger partial charge >= 0.3 is 0 Å². The van der Waals surface area contributed by atoms with Gasteiger partial charge in [0.1, 0.15) is 0 Å². The summed E-state index contributed by atoms with van der Waals surface area (Å²) in [5, 5.41) is 1.26. The molecule has 0 amide bonds. The zero-order valence-electron chi connectivity index (χ0n) is 11.1. The lowest BCUT2D eigenvalue weighted by atomic mass is 10.0. The lowest BCUT2D eigenvalue weighted by Gasteiger charge is -2.06. The standard InChI is InChI=1S/C18H15N/c1-3-8-14-9-4-6-11-16(14)18-13-15-10-5-7-12-17(15)19(18)2/h4-7,9-13H,1-2H3. The fourth-order valence-corrected chi connectivity index (χ4v) is 2.50. The largest absolute Gasteiger partial charge is 0.344 e. The minimum absolute atomic E-state index is 1.08. The van der Waals surface area contributed by atoms with Gasteiger partial charge in [-0.2, -0.15) is 0 Å². The van der Waals surface area contributed by atoms with Crippen molar-refractivity contribution in [2.45, 2.75) is 6.92 Å². The van der Waals surface area contributed by atoms with Crippen molar-refractivity contribution in [3.05, 3.63) is 60.2 Å². The monoisotopic (exact) mass is 245 g/mol. The van der Waals surface area contributed by atoms with E-state index in [-0.39, 0.29) is 0 Å². The normalized spacial score (nSPS) is 10.2. The Hall–Kier alpha value is -2.46. The van der Waals surface area contributed by atoms with Crippen LogP contribution in [-0.4, -0.2) is 4.57 Å². The Morgan fingerprint density at radius 2 is 1.68 bits per heavy atom. The van der Waals surface area contributed by atoms with Crippen molar-refractivity contribution in [3.8, 4) is 23.1 Å². The number of rotatable bonds is 1. The molecule has 1 nitrogen and oxygen atoms in total. The van der Waals surface area contributed by atoms with E-state index < -0.39 is 0 Å². The van der Waals surface area contributed by atoms with Gasteiger partial charge in [0.15, 0.2) is 0 Å². The number of hydrogen-bond donors (Lipinski definition) is 0. The van der Waals surface area contributed by atoms with Crippen LogP contribution in [0.4, 0.5) is 0 Å². The minimum Gasteiger partial charge on any atom is -0.344 e. The molecule has 0 aliphatic carbocycles. The van der Waals surface area contributed by atoms with Crippen LogP contribution < -0.4 is 0 Å². The second kappa shape index (κ2) is 4.66. The van der Waals surface area contributed by atoms with E-state index in [0.717, 1.165) is 5.56 Å². The van der Waals surface area contributed by atoms with Gasteiger partial charge in [0, 0.05) is 29.1 Å². The van der Waals surface area contributed by atoms with Gasteiger partial charge in [-0.1, -0.05) is 42.3 Å². The average Bonchev–Trinajstić information content (AvgIpc) is 2.78. The minimum atomic E-state index is 1.08. The molecule has 19 heavy (non-hydrogen) atoms. The molecule has 2 aromatic carbocycles. The highest BCUT2D eigenvalue weighted by Gasteiger charge is 2.09. The third-order valence-electron chi connectivity index (χ3n) is 3.41. The second-order valence-corrected chi connectivity index (χ2v) is 4.57. The highest BCUT2D eigenvalue weighted by molar-refractivity contribution is 5.88.